The monoisotopic (exact) mass is 290 g/mol. The van der Waals surface area contributed by atoms with Crippen molar-refractivity contribution in [3.63, 3.8) is 0 Å². The second-order valence-electron chi connectivity index (χ2n) is 3.54. The summed E-state index contributed by atoms with van der Waals surface area (Å²) in [5, 5.41) is 11.1. The summed E-state index contributed by atoms with van der Waals surface area (Å²) < 4.78 is 17.9. The first-order valence-electron chi connectivity index (χ1n) is 5.23. The molecule has 0 unspecified atom stereocenters. The summed E-state index contributed by atoms with van der Waals surface area (Å²) in [7, 11) is 0. The highest BCUT2D eigenvalue weighted by Gasteiger charge is 2.21. The van der Waals surface area contributed by atoms with E-state index in [2.05, 4.69) is 10.1 Å². The molecule has 4 N–H and O–H groups in total. The number of primary amides is 1. The van der Waals surface area contributed by atoms with Crippen molar-refractivity contribution in [2.75, 3.05) is 6.61 Å². The highest BCUT2D eigenvalue weighted by Crippen LogP contribution is 2.17. The molecule has 0 saturated heterocycles. The van der Waals surface area contributed by atoms with Gasteiger partial charge in [0.15, 0.2) is 0 Å². The summed E-state index contributed by atoms with van der Waals surface area (Å²) in [6.07, 6.45) is -2.62. The molecule has 0 spiro atoms. The van der Waals surface area contributed by atoms with Crippen LogP contribution in [0.15, 0.2) is 18.2 Å². The lowest BCUT2D eigenvalue weighted by atomic mass is 10.2. The van der Waals surface area contributed by atoms with Crippen LogP contribution >= 0.6 is 11.6 Å². The second-order valence-corrected chi connectivity index (χ2v) is 3.95. The van der Waals surface area contributed by atoms with Crippen molar-refractivity contribution in [1.82, 2.24) is 5.32 Å². The maximum atomic E-state index is 13.5. The Labute approximate surface area is 113 Å². The molecule has 1 atom stereocenters. The highest BCUT2D eigenvalue weighted by atomic mass is 35.5. The zero-order valence-electron chi connectivity index (χ0n) is 9.73. The molecule has 0 aromatic heterocycles. The minimum Gasteiger partial charge on any atom is -0.434 e. The van der Waals surface area contributed by atoms with E-state index >= 15 is 0 Å². The minimum atomic E-state index is -1.43. The van der Waals surface area contributed by atoms with Crippen LogP contribution in [0.5, 0.6) is 0 Å². The molecule has 0 fully saturated rings. The average Bonchev–Trinajstić information content (AvgIpc) is 2.37. The lowest BCUT2D eigenvalue weighted by Gasteiger charge is -2.14. The van der Waals surface area contributed by atoms with Gasteiger partial charge in [-0.15, -0.1) is 0 Å². The molecule has 104 valence electrons. The number of ether oxygens (including phenoxy) is 1. The lowest BCUT2D eigenvalue weighted by Crippen LogP contribution is -2.40. The Kier molecular flexibility index (Phi) is 5.53. The highest BCUT2D eigenvalue weighted by molar-refractivity contribution is 6.30. The molecular weight excluding hydrogens is 279 g/mol. The Morgan fingerprint density at radius 2 is 2.21 bits per heavy atom. The Hall–Kier alpha value is -1.86. The van der Waals surface area contributed by atoms with E-state index in [1.54, 1.807) is 0 Å². The first-order chi connectivity index (χ1) is 8.95. The molecule has 1 aromatic rings. The quantitative estimate of drug-likeness (QED) is 0.737. The Bertz CT molecular complexity index is 484. The molecule has 0 radical (unpaired) electrons. The van der Waals surface area contributed by atoms with Gasteiger partial charge >= 0.3 is 6.09 Å². The van der Waals surface area contributed by atoms with Gasteiger partial charge in [-0.3, -0.25) is 4.79 Å². The van der Waals surface area contributed by atoms with Crippen LogP contribution in [0.2, 0.25) is 5.02 Å². The molecule has 6 nitrogen and oxygen atoms in total. The van der Waals surface area contributed by atoms with Gasteiger partial charge in [0.25, 0.3) is 5.91 Å². The summed E-state index contributed by atoms with van der Waals surface area (Å²) in [5.41, 5.74) is 4.89. The van der Waals surface area contributed by atoms with Crippen LogP contribution < -0.4 is 11.1 Å². The normalized spacial score (nSPS) is 11.7. The van der Waals surface area contributed by atoms with Gasteiger partial charge in [-0.2, -0.15) is 0 Å². The summed E-state index contributed by atoms with van der Waals surface area (Å²) >= 11 is 5.57. The fourth-order valence-corrected chi connectivity index (χ4v) is 1.49. The summed E-state index contributed by atoms with van der Waals surface area (Å²) in [5.74, 6) is -1.44. The van der Waals surface area contributed by atoms with Gasteiger partial charge in [-0.1, -0.05) is 23.7 Å². The van der Waals surface area contributed by atoms with Gasteiger partial charge in [0.1, 0.15) is 5.82 Å². The second kappa shape index (κ2) is 6.91. The minimum absolute atomic E-state index is 0.0705. The fourth-order valence-electron chi connectivity index (χ4n) is 1.30. The van der Waals surface area contributed by atoms with Crippen molar-refractivity contribution >= 4 is 23.6 Å². The number of rotatable bonds is 5. The zero-order valence-corrected chi connectivity index (χ0v) is 10.5. The standard InChI is InChI=1S/C11H12ClFN2O4/c12-7-3-1-2-6(9(7)13)4-15-10(17)8(5-16)19-11(14)18/h1-3,8,16H,4-5H2,(H2,14,18)(H,15,17)/t8-/m0/s1. The Morgan fingerprint density at radius 3 is 2.79 bits per heavy atom. The zero-order chi connectivity index (χ0) is 14.4. The van der Waals surface area contributed by atoms with Crippen LogP contribution in [0.25, 0.3) is 0 Å². The number of carbonyl (C=O) groups excluding carboxylic acids is 2. The number of carbonyl (C=O) groups is 2. The van der Waals surface area contributed by atoms with Crippen LogP contribution in [0, 0.1) is 5.82 Å². The van der Waals surface area contributed by atoms with Crippen LogP contribution in [-0.4, -0.2) is 29.8 Å². The summed E-state index contributed by atoms with van der Waals surface area (Å²) in [4.78, 5) is 22.0. The van der Waals surface area contributed by atoms with Crippen molar-refractivity contribution < 1.29 is 23.8 Å². The Morgan fingerprint density at radius 1 is 1.53 bits per heavy atom. The van der Waals surface area contributed by atoms with Gasteiger partial charge in [0.05, 0.1) is 11.6 Å². The number of aliphatic hydroxyl groups is 1. The third kappa shape index (κ3) is 4.38. The fraction of sp³-hybridized carbons (Fsp3) is 0.273. The first kappa shape index (κ1) is 15.2. The topological polar surface area (TPSA) is 102 Å². The van der Waals surface area contributed by atoms with E-state index in [4.69, 9.17) is 22.4 Å². The van der Waals surface area contributed by atoms with E-state index in [-0.39, 0.29) is 17.1 Å². The number of hydrogen-bond acceptors (Lipinski definition) is 4. The molecule has 0 heterocycles. The summed E-state index contributed by atoms with van der Waals surface area (Å²) in [6.45, 7) is -0.892. The van der Waals surface area contributed by atoms with Gasteiger partial charge < -0.3 is 20.9 Å². The molecule has 1 rings (SSSR count). The number of amides is 2. The molecule has 1 aromatic carbocycles. The smallest absolute Gasteiger partial charge is 0.405 e. The number of benzene rings is 1. The molecule has 0 aliphatic carbocycles. The van der Waals surface area contributed by atoms with Crippen LogP contribution in [0.4, 0.5) is 9.18 Å². The van der Waals surface area contributed by atoms with Crippen LogP contribution in [-0.2, 0) is 16.1 Å². The van der Waals surface area contributed by atoms with Crippen molar-refractivity contribution in [1.29, 1.82) is 0 Å². The molecule has 0 aliphatic rings. The van der Waals surface area contributed by atoms with Gasteiger partial charge in [-0.25, -0.2) is 9.18 Å². The molecule has 2 amide bonds. The van der Waals surface area contributed by atoms with E-state index in [1.807, 2.05) is 0 Å². The molecule has 0 saturated carbocycles. The number of hydrogen-bond donors (Lipinski definition) is 3. The van der Waals surface area contributed by atoms with Crippen molar-refractivity contribution in [2.45, 2.75) is 12.6 Å². The van der Waals surface area contributed by atoms with E-state index in [1.165, 1.54) is 18.2 Å². The number of nitrogens with one attached hydrogen (secondary N) is 1. The number of halogens is 2. The van der Waals surface area contributed by atoms with Crippen molar-refractivity contribution in [2.24, 2.45) is 5.73 Å². The number of aliphatic hydroxyl groups excluding tert-OH is 1. The first-order valence-corrected chi connectivity index (χ1v) is 5.61. The molecule has 0 aliphatic heterocycles. The molecule has 0 bridgehead atoms. The Balaban J connectivity index is 2.62. The molecule has 19 heavy (non-hydrogen) atoms. The van der Waals surface area contributed by atoms with E-state index in [0.29, 0.717) is 0 Å². The van der Waals surface area contributed by atoms with Crippen molar-refractivity contribution in [3.8, 4) is 0 Å². The predicted octanol–water partition coefficient (Wildman–Crippen LogP) is 0.552. The summed E-state index contributed by atoms with van der Waals surface area (Å²) in [6, 6.07) is 4.33. The van der Waals surface area contributed by atoms with Crippen molar-refractivity contribution in [3.05, 3.63) is 34.6 Å². The largest absolute Gasteiger partial charge is 0.434 e. The van der Waals surface area contributed by atoms with E-state index < -0.39 is 30.5 Å². The third-order valence-corrected chi connectivity index (χ3v) is 2.49. The van der Waals surface area contributed by atoms with E-state index in [0.717, 1.165) is 0 Å². The third-order valence-electron chi connectivity index (χ3n) is 2.20. The maximum Gasteiger partial charge on any atom is 0.405 e. The maximum absolute atomic E-state index is 13.5. The average molecular weight is 291 g/mol. The predicted molar refractivity (Wildman–Crippen MR) is 64.8 cm³/mol. The van der Waals surface area contributed by atoms with Gasteiger partial charge in [-0.05, 0) is 6.07 Å². The molecular formula is C11H12ClFN2O4. The van der Waals surface area contributed by atoms with Gasteiger partial charge in [0.2, 0.25) is 6.10 Å². The van der Waals surface area contributed by atoms with Crippen LogP contribution in [0.3, 0.4) is 0 Å². The van der Waals surface area contributed by atoms with E-state index in [9.17, 15) is 14.0 Å². The van der Waals surface area contributed by atoms with Crippen LogP contribution in [0.1, 0.15) is 5.56 Å². The SMILES string of the molecule is NC(=O)O[C@@H](CO)C(=O)NCc1cccc(Cl)c1F. The number of nitrogens with two attached hydrogens (primary N) is 1. The van der Waals surface area contributed by atoms with Gasteiger partial charge in [0, 0.05) is 12.1 Å². The molecule has 8 heteroatoms. The lowest BCUT2D eigenvalue weighted by molar-refractivity contribution is -0.131.